The van der Waals surface area contributed by atoms with Crippen molar-refractivity contribution in [2.24, 2.45) is 11.8 Å². The van der Waals surface area contributed by atoms with Gasteiger partial charge in [0.05, 0.1) is 0 Å². The molecule has 1 saturated carbocycles. The van der Waals surface area contributed by atoms with Gasteiger partial charge in [-0.15, -0.1) is 0 Å². The Morgan fingerprint density at radius 2 is 1.83 bits per heavy atom. The number of nitrogens with zero attached hydrogens (tertiary/aromatic N) is 2. The van der Waals surface area contributed by atoms with Crippen LogP contribution in [0.1, 0.15) is 47.0 Å². The standard InChI is InChI=1S/C16H25N3O4/c1-9(2)19-15(22)14(21)18(16(19)23)8-13(20)17-12-7-5-6-10(3)11(12)4/h9-12H,5-8H2,1-4H3,(H,17,20)/t10-,11-,12-/m0/s1. The monoisotopic (exact) mass is 323 g/mol. The molecule has 1 aliphatic heterocycles. The largest absolute Gasteiger partial charge is 0.352 e. The average molecular weight is 323 g/mol. The molecule has 2 aliphatic rings. The van der Waals surface area contributed by atoms with Crippen LogP contribution in [0.5, 0.6) is 0 Å². The van der Waals surface area contributed by atoms with Gasteiger partial charge in [0.15, 0.2) is 0 Å². The normalized spacial score (nSPS) is 28.7. The molecule has 3 atom stereocenters. The first-order valence-electron chi connectivity index (χ1n) is 8.22. The van der Waals surface area contributed by atoms with E-state index in [2.05, 4.69) is 19.2 Å². The van der Waals surface area contributed by atoms with E-state index in [4.69, 9.17) is 0 Å². The van der Waals surface area contributed by atoms with E-state index in [1.54, 1.807) is 13.8 Å². The number of amides is 5. The van der Waals surface area contributed by atoms with E-state index in [0.717, 1.165) is 29.1 Å². The Morgan fingerprint density at radius 1 is 1.17 bits per heavy atom. The SMILES string of the molecule is CC(C)N1C(=O)C(=O)N(CC(=O)N[C@H]2CCC[C@H](C)[C@@H]2C)C1=O. The van der Waals surface area contributed by atoms with Gasteiger partial charge in [-0.05, 0) is 32.1 Å². The van der Waals surface area contributed by atoms with Gasteiger partial charge >= 0.3 is 17.8 Å². The molecule has 0 unspecified atom stereocenters. The molecule has 0 bridgehead atoms. The Kier molecular flexibility index (Phi) is 5.06. The summed E-state index contributed by atoms with van der Waals surface area (Å²) in [5, 5.41) is 2.91. The molecular formula is C16H25N3O4. The fraction of sp³-hybridized carbons (Fsp3) is 0.750. The molecular weight excluding hydrogens is 298 g/mol. The molecule has 0 radical (unpaired) electrons. The fourth-order valence-electron chi connectivity index (χ4n) is 3.30. The topological polar surface area (TPSA) is 86.8 Å². The molecule has 23 heavy (non-hydrogen) atoms. The van der Waals surface area contributed by atoms with Gasteiger partial charge in [-0.1, -0.05) is 26.7 Å². The predicted molar refractivity (Wildman–Crippen MR) is 83.2 cm³/mol. The quantitative estimate of drug-likeness (QED) is 0.620. The van der Waals surface area contributed by atoms with Crippen LogP contribution in [0.4, 0.5) is 4.79 Å². The highest BCUT2D eigenvalue weighted by molar-refractivity contribution is 6.45. The third-order valence-electron chi connectivity index (χ3n) is 4.96. The zero-order chi connectivity index (χ0) is 17.3. The number of rotatable bonds is 4. The van der Waals surface area contributed by atoms with Gasteiger partial charge in [0.25, 0.3) is 0 Å². The van der Waals surface area contributed by atoms with Crippen molar-refractivity contribution in [3.8, 4) is 0 Å². The first-order chi connectivity index (χ1) is 10.7. The van der Waals surface area contributed by atoms with Gasteiger partial charge < -0.3 is 5.32 Å². The van der Waals surface area contributed by atoms with Crippen LogP contribution in [0.25, 0.3) is 0 Å². The van der Waals surface area contributed by atoms with Gasteiger partial charge in [-0.25, -0.2) is 9.69 Å². The third kappa shape index (κ3) is 3.38. The number of nitrogens with one attached hydrogen (secondary N) is 1. The Morgan fingerprint density at radius 3 is 2.39 bits per heavy atom. The summed E-state index contributed by atoms with van der Waals surface area (Å²) >= 11 is 0. The molecule has 1 N–H and O–H groups in total. The second-order valence-electron chi connectivity index (χ2n) is 6.88. The van der Waals surface area contributed by atoms with Crippen molar-refractivity contribution in [1.29, 1.82) is 0 Å². The Labute approximate surface area is 136 Å². The molecule has 0 spiro atoms. The maximum Gasteiger partial charge on any atom is 0.334 e. The average Bonchev–Trinajstić information content (AvgIpc) is 2.67. The maximum atomic E-state index is 12.2. The van der Waals surface area contributed by atoms with Crippen LogP contribution in [-0.2, 0) is 14.4 Å². The van der Waals surface area contributed by atoms with Gasteiger partial charge in [-0.3, -0.25) is 19.3 Å². The lowest BCUT2D eigenvalue weighted by Crippen LogP contribution is -2.48. The van der Waals surface area contributed by atoms with Gasteiger partial charge in [0, 0.05) is 12.1 Å². The number of hydrogen-bond donors (Lipinski definition) is 1. The van der Waals surface area contributed by atoms with Crippen LogP contribution in [0.2, 0.25) is 0 Å². The third-order valence-corrected chi connectivity index (χ3v) is 4.96. The molecule has 1 heterocycles. The second-order valence-corrected chi connectivity index (χ2v) is 6.88. The minimum absolute atomic E-state index is 0.0518. The van der Waals surface area contributed by atoms with E-state index in [9.17, 15) is 19.2 Å². The first-order valence-corrected chi connectivity index (χ1v) is 8.22. The van der Waals surface area contributed by atoms with Crippen LogP contribution >= 0.6 is 0 Å². The second kappa shape index (κ2) is 6.68. The number of carbonyl (C=O) groups is 4. The van der Waals surface area contributed by atoms with E-state index >= 15 is 0 Å². The zero-order valence-electron chi connectivity index (χ0n) is 14.2. The van der Waals surface area contributed by atoms with Gasteiger partial charge in [-0.2, -0.15) is 0 Å². The van der Waals surface area contributed by atoms with Crippen molar-refractivity contribution in [3.05, 3.63) is 0 Å². The van der Waals surface area contributed by atoms with Crippen LogP contribution < -0.4 is 5.32 Å². The Balaban J connectivity index is 1.99. The summed E-state index contributed by atoms with van der Waals surface area (Å²) in [6, 6.07) is -1.07. The van der Waals surface area contributed by atoms with Crippen LogP contribution in [0.15, 0.2) is 0 Å². The van der Waals surface area contributed by atoms with Crippen molar-refractivity contribution in [1.82, 2.24) is 15.1 Å². The molecule has 0 aromatic rings. The van der Waals surface area contributed by atoms with Crippen LogP contribution in [-0.4, -0.2) is 52.2 Å². The van der Waals surface area contributed by atoms with Crippen LogP contribution in [0.3, 0.4) is 0 Å². The summed E-state index contributed by atoms with van der Waals surface area (Å²) < 4.78 is 0. The van der Waals surface area contributed by atoms with E-state index < -0.39 is 36.3 Å². The molecule has 0 aromatic heterocycles. The minimum atomic E-state index is -0.927. The Bertz CT molecular complexity index is 531. The first kappa shape index (κ1) is 17.4. The summed E-state index contributed by atoms with van der Waals surface area (Å²) in [5.41, 5.74) is 0. The van der Waals surface area contributed by atoms with Crippen molar-refractivity contribution in [2.45, 2.75) is 59.0 Å². The summed E-state index contributed by atoms with van der Waals surface area (Å²) in [7, 11) is 0. The highest BCUT2D eigenvalue weighted by Gasteiger charge is 2.46. The molecule has 128 valence electrons. The molecule has 5 amide bonds. The highest BCUT2D eigenvalue weighted by Crippen LogP contribution is 2.29. The molecule has 2 fully saturated rings. The lowest BCUT2D eigenvalue weighted by molar-refractivity contribution is -0.144. The van der Waals surface area contributed by atoms with Crippen molar-refractivity contribution in [3.63, 3.8) is 0 Å². The summed E-state index contributed by atoms with van der Waals surface area (Å²) in [4.78, 5) is 49.7. The zero-order valence-corrected chi connectivity index (χ0v) is 14.2. The number of hydrogen-bond acceptors (Lipinski definition) is 4. The lowest BCUT2D eigenvalue weighted by atomic mass is 9.78. The molecule has 1 aliphatic carbocycles. The molecule has 7 nitrogen and oxygen atoms in total. The number of urea groups is 1. The molecule has 2 rings (SSSR count). The highest BCUT2D eigenvalue weighted by atomic mass is 16.2. The van der Waals surface area contributed by atoms with Crippen molar-refractivity contribution < 1.29 is 19.2 Å². The van der Waals surface area contributed by atoms with Crippen LogP contribution in [0, 0.1) is 11.8 Å². The van der Waals surface area contributed by atoms with Gasteiger partial charge in [0.1, 0.15) is 6.54 Å². The smallest absolute Gasteiger partial charge is 0.334 e. The summed E-state index contributed by atoms with van der Waals surface area (Å²) in [6.45, 7) is 7.17. The molecule has 0 aromatic carbocycles. The Hall–Kier alpha value is -1.92. The number of imide groups is 2. The molecule has 1 saturated heterocycles. The number of carbonyl (C=O) groups excluding carboxylic acids is 4. The van der Waals surface area contributed by atoms with Crippen molar-refractivity contribution in [2.75, 3.05) is 6.54 Å². The molecule has 7 heteroatoms. The van der Waals surface area contributed by atoms with E-state index in [-0.39, 0.29) is 6.04 Å². The fourth-order valence-corrected chi connectivity index (χ4v) is 3.30. The summed E-state index contributed by atoms with van der Waals surface area (Å²) in [6.07, 6.45) is 3.10. The lowest BCUT2D eigenvalue weighted by Gasteiger charge is -2.34. The van der Waals surface area contributed by atoms with Crippen molar-refractivity contribution >= 4 is 23.8 Å². The van der Waals surface area contributed by atoms with E-state index in [1.165, 1.54) is 0 Å². The predicted octanol–water partition coefficient (Wildman–Crippen LogP) is 1.13. The van der Waals surface area contributed by atoms with Gasteiger partial charge in [0.2, 0.25) is 5.91 Å². The minimum Gasteiger partial charge on any atom is -0.352 e. The summed E-state index contributed by atoms with van der Waals surface area (Å²) in [5.74, 6) is -1.30. The maximum absolute atomic E-state index is 12.2. The van der Waals surface area contributed by atoms with E-state index in [1.807, 2.05) is 0 Å². The van der Waals surface area contributed by atoms with E-state index in [0.29, 0.717) is 11.8 Å².